The molecule has 53 heavy (non-hydrogen) atoms. The first-order valence-corrected chi connectivity index (χ1v) is 17.5. The van der Waals surface area contributed by atoms with E-state index in [0.29, 0.717) is 96.3 Å². The lowest BCUT2D eigenvalue weighted by atomic mass is 10.2. The van der Waals surface area contributed by atoms with Crippen LogP contribution in [0, 0.1) is 0 Å². The van der Waals surface area contributed by atoms with Crippen molar-refractivity contribution in [3.63, 3.8) is 0 Å². The molecular formula is C41H39BrN2O9. The quantitative estimate of drug-likeness (QED) is 0.0308. The van der Waals surface area contributed by atoms with Gasteiger partial charge >= 0.3 is 17.9 Å². The molecule has 12 heteroatoms. The van der Waals surface area contributed by atoms with Crippen LogP contribution in [0.4, 0.5) is 11.4 Å². The van der Waals surface area contributed by atoms with Gasteiger partial charge in [0.25, 0.3) is 5.91 Å². The van der Waals surface area contributed by atoms with E-state index in [1.54, 1.807) is 97.2 Å². The summed E-state index contributed by atoms with van der Waals surface area (Å²) >= 11 is 3.51. The third-order valence-electron chi connectivity index (χ3n) is 7.30. The summed E-state index contributed by atoms with van der Waals surface area (Å²) < 4.78 is 27.4. The first kappa shape index (κ1) is 39.8. The highest BCUT2D eigenvalue weighted by Crippen LogP contribution is 2.28. The number of nitrogens with zero attached hydrogens (tertiary/aromatic N) is 1. The molecule has 0 aliphatic carbocycles. The molecule has 0 saturated heterocycles. The number of aliphatic imine (C=N–C) groups is 1. The summed E-state index contributed by atoms with van der Waals surface area (Å²) in [7, 11) is 0. The van der Waals surface area contributed by atoms with Crippen LogP contribution in [0.2, 0.25) is 0 Å². The Bertz CT molecular complexity index is 1890. The monoisotopic (exact) mass is 782 g/mol. The van der Waals surface area contributed by atoms with Crippen LogP contribution in [0.3, 0.4) is 0 Å². The number of hydrogen-bond acceptors (Lipinski definition) is 10. The van der Waals surface area contributed by atoms with Crippen molar-refractivity contribution < 1.29 is 42.9 Å². The summed E-state index contributed by atoms with van der Waals surface area (Å²) in [6, 6.07) is 25.7. The lowest BCUT2D eigenvalue weighted by molar-refractivity contribution is -0.138. The second-order valence-electron chi connectivity index (χ2n) is 11.2. The highest BCUT2D eigenvalue weighted by atomic mass is 79.9. The van der Waals surface area contributed by atoms with Crippen molar-refractivity contribution in [2.24, 2.45) is 4.99 Å². The van der Waals surface area contributed by atoms with E-state index in [9.17, 15) is 19.2 Å². The summed E-state index contributed by atoms with van der Waals surface area (Å²) in [5.74, 6) is -0.0348. The van der Waals surface area contributed by atoms with Crippen molar-refractivity contribution in [1.82, 2.24) is 0 Å². The molecular weight excluding hydrogens is 744 g/mol. The molecule has 1 N–H and O–H groups in total. The van der Waals surface area contributed by atoms with Crippen molar-refractivity contribution in [2.75, 3.05) is 31.7 Å². The van der Waals surface area contributed by atoms with E-state index in [-0.39, 0.29) is 5.91 Å². The third-order valence-corrected chi connectivity index (χ3v) is 7.95. The zero-order chi connectivity index (χ0) is 37.8. The summed E-state index contributed by atoms with van der Waals surface area (Å²) in [6.45, 7) is 8.22. The number of amides is 1. The van der Waals surface area contributed by atoms with E-state index in [4.69, 9.17) is 23.7 Å². The topological polar surface area (TPSA) is 139 Å². The molecule has 0 heterocycles. The number of carbonyl (C=O) groups excluding carboxylic acids is 4. The van der Waals surface area contributed by atoms with Crippen molar-refractivity contribution in [3.05, 3.63) is 137 Å². The summed E-state index contributed by atoms with van der Waals surface area (Å²) in [5, 5.41) is 2.89. The first-order valence-electron chi connectivity index (χ1n) is 16.8. The molecule has 0 aliphatic rings. The Kier molecular flexibility index (Phi) is 16.0. The zero-order valence-corrected chi connectivity index (χ0v) is 30.5. The Morgan fingerprint density at radius 2 is 1.15 bits per heavy atom. The fraction of sp³-hybridized carbons (Fsp3) is 0.195. The van der Waals surface area contributed by atoms with Gasteiger partial charge in [-0.1, -0.05) is 13.2 Å². The van der Waals surface area contributed by atoms with Gasteiger partial charge in [-0.3, -0.25) is 9.79 Å². The van der Waals surface area contributed by atoms with Gasteiger partial charge in [-0.25, -0.2) is 14.4 Å². The standard InChI is InChI=1S/C41H39BrN2O9/c1-3-38(45)51-25-7-5-23-49-33-18-11-30(12-19-33)40(47)44-37-22-15-32(27-36(37)42)43-28-29-9-16-35(17-10-29)53-41(48)31-13-20-34(21-14-31)50-24-6-8-26-52-39(46)4-2/h3-4,9-22,27-28H,1-2,5-8,23-26H2,(H,44,47). The van der Waals surface area contributed by atoms with E-state index in [1.165, 1.54) is 0 Å². The van der Waals surface area contributed by atoms with Gasteiger partial charge in [-0.05, 0) is 138 Å². The van der Waals surface area contributed by atoms with Gasteiger partial charge in [0.15, 0.2) is 0 Å². The number of anilines is 1. The Labute approximate surface area is 316 Å². The lowest BCUT2D eigenvalue weighted by Gasteiger charge is -2.10. The van der Waals surface area contributed by atoms with Crippen molar-refractivity contribution in [2.45, 2.75) is 25.7 Å². The molecule has 11 nitrogen and oxygen atoms in total. The van der Waals surface area contributed by atoms with E-state index < -0.39 is 17.9 Å². The molecule has 0 aliphatic heterocycles. The molecule has 0 saturated carbocycles. The molecule has 0 radical (unpaired) electrons. The number of carbonyl (C=O) groups is 4. The fourth-order valence-electron chi connectivity index (χ4n) is 4.46. The Balaban J connectivity index is 1.19. The molecule has 4 rings (SSSR count). The number of nitrogens with one attached hydrogen (secondary N) is 1. The molecule has 0 atom stereocenters. The van der Waals surface area contributed by atoms with Crippen LogP contribution in [0.1, 0.15) is 52.0 Å². The average molecular weight is 784 g/mol. The van der Waals surface area contributed by atoms with Crippen LogP contribution in [0.5, 0.6) is 17.2 Å². The number of ether oxygens (including phenoxy) is 5. The number of benzene rings is 4. The van der Waals surface area contributed by atoms with Gasteiger partial charge in [-0.15, -0.1) is 0 Å². The normalized spacial score (nSPS) is 10.6. The van der Waals surface area contributed by atoms with E-state index >= 15 is 0 Å². The molecule has 274 valence electrons. The van der Waals surface area contributed by atoms with Crippen LogP contribution in [-0.2, 0) is 19.1 Å². The Hall–Kier alpha value is -6.01. The largest absolute Gasteiger partial charge is 0.494 e. The number of hydrogen-bond donors (Lipinski definition) is 1. The number of rotatable bonds is 20. The maximum absolute atomic E-state index is 12.9. The Morgan fingerprint density at radius 3 is 1.68 bits per heavy atom. The molecule has 0 aromatic heterocycles. The maximum Gasteiger partial charge on any atom is 0.343 e. The van der Waals surface area contributed by atoms with Crippen LogP contribution < -0.4 is 19.5 Å². The van der Waals surface area contributed by atoms with E-state index in [0.717, 1.165) is 17.7 Å². The molecule has 0 fully saturated rings. The minimum absolute atomic E-state index is 0.279. The van der Waals surface area contributed by atoms with E-state index in [1.807, 2.05) is 0 Å². The van der Waals surface area contributed by atoms with Crippen LogP contribution >= 0.6 is 15.9 Å². The average Bonchev–Trinajstić information content (AvgIpc) is 3.18. The van der Waals surface area contributed by atoms with Gasteiger partial charge in [0.2, 0.25) is 0 Å². The van der Waals surface area contributed by atoms with Crippen molar-refractivity contribution >= 4 is 57.3 Å². The molecule has 4 aromatic rings. The van der Waals surface area contributed by atoms with Crippen LogP contribution in [0.25, 0.3) is 0 Å². The van der Waals surface area contributed by atoms with E-state index in [2.05, 4.69) is 39.4 Å². The van der Waals surface area contributed by atoms with Crippen molar-refractivity contribution in [3.8, 4) is 17.2 Å². The number of esters is 3. The molecule has 0 unspecified atom stereocenters. The van der Waals surface area contributed by atoms with Gasteiger partial charge < -0.3 is 29.0 Å². The molecule has 1 amide bonds. The highest BCUT2D eigenvalue weighted by molar-refractivity contribution is 9.10. The third kappa shape index (κ3) is 13.9. The summed E-state index contributed by atoms with van der Waals surface area (Å²) in [5.41, 5.74) is 2.88. The van der Waals surface area contributed by atoms with Gasteiger partial charge in [0, 0.05) is 28.4 Å². The lowest BCUT2D eigenvalue weighted by Crippen LogP contribution is -2.12. The van der Waals surface area contributed by atoms with Gasteiger partial charge in [-0.2, -0.15) is 0 Å². The first-order chi connectivity index (χ1) is 25.7. The zero-order valence-electron chi connectivity index (χ0n) is 29.0. The van der Waals surface area contributed by atoms with Crippen LogP contribution in [0.15, 0.2) is 126 Å². The Morgan fingerprint density at radius 1 is 0.642 bits per heavy atom. The molecule has 0 spiro atoms. The molecule has 4 aromatic carbocycles. The number of halogens is 1. The second kappa shape index (κ2) is 21.4. The SMILES string of the molecule is C=CC(=O)OCCCCOc1ccc(C(=O)Nc2ccc(N=Cc3ccc(OC(=O)c4ccc(OCCCCOC(=O)C=C)cc4)cc3)cc2Br)cc1. The highest BCUT2D eigenvalue weighted by Gasteiger charge is 2.11. The predicted molar refractivity (Wildman–Crippen MR) is 205 cm³/mol. The predicted octanol–water partition coefficient (Wildman–Crippen LogP) is 8.45. The number of unbranched alkanes of at least 4 members (excludes halogenated alkanes) is 2. The second-order valence-corrected chi connectivity index (χ2v) is 12.1. The fourth-order valence-corrected chi connectivity index (χ4v) is 4.92. The maximum atomic E-state index is 12.9. The smallest absolute Gasteiger partial charge is 0.343 e. The molecule has 0 bridgehead atoms. The minimum Gasteiger partial charge on any atom is -0.494 e. The minimum atomic E-state index is -0.501. The summed E-state index contributed by atoms with van der Waals surface area (Å²) in [4.78, 5) is 52.1. The van der Waals surface area contributed by atoms with Gasteiger partial charge in [0.1, 0.15) is 17.2 Å². The van der Waals surface area contributed by atoms with Gasteiger partial charge in [0.05, 0.1) is 43.4 Å². The van der Waals surface area contributed by atoms with Crippen molar-refractivity contribution in [1.29, 1.82) is 0 Å². The summed E-state index contributed by atoms with van der Waals surface area (Å²) in [6.07, 6.45) is 6.69. The van der Waals surface area contributed by atoms with Crippen LogP contribution in [-0.4, -0.2) is 56.5 Å².